The van der Waals surface area contributed by atoms with E-state index in [1.807, 2.05) is 29.8 Å². The molecular weight excluding hydrogens is 376 g/mol. The molecule has 4 heterocycles. The molecule has 0 saturated carbocycles. The summed E-state index contributed by atoms with van der Waals surface area (Å²) < 4.78 is 7.28. The first kappa shape index (κ1) is 19.1. The average Bonchev–Trinajstić information content (AvgIpc) is 3.27. The van der Waals surface area contributed by atoms with E-state index in [4.69, 9.17) is 4.74 Å². The zero-order chi connectivity index (χ0) is 20.8. The second-order valence-electron chi connectivity index (χ2n) is 8.61. The molecule has 0 radical (unpaired) electrons. The smallest absolute Gasteiger partial charge is 0.223 e. The van der Waals surface area contributed by atoms with E-state index < -0.39 is 0 Å². The Labute approximate surface area is 176 Å². The van der Waals surface area contributed by atoms with E-state index in [0.29, 0.717) is 6.42 Å². The van der Waals surface area contributed by atoms with E-state index in [0.717, 1.165) is 49.2 Å². The Morgan fingerprint density at radius 1 is 1.23 bits per heavy atom. The number of carbonyl (C=O) groups excluding carboxylic acids is 1. The van der Waals surface area contributed by atoms with Crippen molar-refractivity contribution in [1.82, 2.24) is 19.5 Å². The fourth-order valence-corrected chi connectivity index (χ4v) is 5.22. The molecular formula is C24H28N4O2. The molecule has 1 saturated heterocycles. The molecule has 2 atom stereocenters. The van der Waals surface area contributed by atoms with E-state index in [2.05, 4.69) is 34.0 Å². The highest BCUT2D eigenvalue weighted by atomic mass is 16.5. The van der Waals surface area contributed by atoms with Crippen molar-refractivity contribution in [2.24, 2.45) is 0 Å². The first-order valence-electron chi connectivity index (χ1n) is 10.8. The minimum Gasteiger partial charge on any atom is -0.497 e. The normalized spacial score (nSPS) is 19.9. The summed E-state index contributed by atoms with van der Waals surface area (Å²) in [5, 5.41) is 4.64. The molecule has 2 bridgehead atoms. The van der Waals surface area contributed by atoms with Gasteiger partial charge in [-0.05, 0) is 62.8 Å². The van der Waals surface area contributed by atoms with Crippen LogP contribution in [0.5, 0.6) is 5.75 Å². The van der Waals surface area contributed by atoms with E-state index in [1.54, 1.807) is 7.11 Å². The van der Waals surface area contributed by atoms with Crippen LogP contribution in [0, 0.1) is 13.8 Å². The quantitative estimate of drug-likeness (QED) is 0.646. The number of amides is 1. The number of aryl methyl sites for hydroxylation is 3. The second kappa shape index (κ2) is 7.42. The van der Waals surface area contributed by atoms with Crippen molar-refractivity contribution in [3.63, 3.8) is 0 Å². The number of rotatable bonds is 5. The summed E-state index contributed by atoms with van der Waals surface area (Å²) in [6.45, 7) is 4.10. The maximum absolute atomic E-state index is 13.2. The summed E-state index contributed by atoms with van der Waals surface area (Å²) in [6.07, 6.45) is 7.29. The second-order valence-corrected chi connectivity index (χ2v) is 8.61. The number of hydrogen-bond donors (Lipinski definition) is 0. The molecule has 2 aromatic heterocycles. The molecule has 1 fully saturated rings. The van der Waals surface area contributed by atoms with E-state index >= 15 is 0 Å². The van der Waals surface area contributed by atoms with Crippen molar-refractivity contribution in [2.75, 3.05) is 7.11 Å². The van der Waals surface area contributed by atoms with Gasteiger partial charge in [-0.25, -0.2) is 9.50 Å². The number of aromatic nitrogens is 3. The number of benzene rings is 1. The van der Waals surface area contributed by atoms with E-state index in [1.165, 1.54) is 22.4 Å². The Balaban J connectivity index is 1.30. The van der Waals surface area contributed by atoms with Crippen LogP contribution in [0.1, 0.15) is 59.8 Å². The molecule has 5 rings (SSSR count). The summed E-state index contributed by atoms with van der Waals surface area (Å²) in [7, 11) is 1.69. The van der Waals surface area contributed by atoms with Crippen LogP contribution >= 0.6 is 0 Å². The largest absolute Gasteiger partial charge is 0.497 e. The highest BCUT2D eigenvalue weighted by molar-refractivity contribution is 5.78. The predicted octanol–water partition coefficient (Wildman–Crippen LogP) is 3.97. The first-order valence-corrected chi connectivity index (χ1v) is 10.8. The fraction of sp³-hybridized carbons (Fsp3) is 0.458. The third kappa shape index (κ3) is 3.15. The molecule has 6 nitrogen and oxygen atoms in total. The van der Waals surface area contributed by atoms with Crippen molar-refractivity contribution >= 4 is 11.6 Å². The highest BCUT2D eigenvalue weighted by Crippen LogP contribution is 2.43. The van der Waals surface area contributed by atoms with Crippen LogP contribution in [0.15, 0.2) is 30.5 Å². The van der Waals surface area contributed by atoms with Gasteiger partial charge in [0.05, 0.1) is 24.5 Å². The standard InChI is InChI=1S/C24H28N4O2/c1-15-11-19(30-3)9-7-17(15)5-4-6-24(29)27-18-8-10-21(27)20-14-25-23-12-16(2)26-28(23)22(20)13-18/h7,9,11-12,14,18,21H,4-6,8,10,13H2,1-3H3/t18-,21-/m1/s1. The lowest BCUT2D eigenvalue weighted by Gasteiger charge is -2.36. The van der Waals surface area contributed by atoms with Crippen LogP contribution in [0.25, 0.3) is 5.65 Å². The average molecular weight is 405 g/mol. The lowest BCUT2D eigenvalue weighted by atomic mass is 9.97. The molecule has 156 valence electrons. The Bertz CT molecular complexity index is 1120. The summed E-state index contributed by atoms with van der Waals surface area (Å²) >= 11 is 0. The van der Waals surface area contributed by atoms with E-state index in [-0.39, 0.29) is 18.0 Å². The third-order valence-electron chi connectivity index (χ3n) is 6.70. The monoisotopic (exact) mass is 404 g/mol. The lowest BCUT2D eigenvalue weighted by Crippen LogP contribution is -2.42. The Morgan fingerprint density at radius 3 is 2.90 bits per heavy atom. The molecule has 2 aliphatic heterocycles. The minimum atomic E-state index is 0.148. The molecule has 3 aromatic rings. The van der Waals surface area contributed by atoms with Crippen molar-refractivity contribution < 1.29 is 9.53 Å². The van der Waals surface area contributed by atoms with Crippen LogP contribution < -0.4 is 4.74 Å². The van der Waals surface area contributed by atoms with Gasteiger partial charge in [0.2, 0.25) is 5.91 Å². The minimum absolute atomic E-state index is 0.148. The van der Waals surface area contributed by atoms with Gasteiger partial charge in [0.15, 0.2) is 5.65 Å². The number of nitrogens with zero attached hydrogens (tertiary/aromatic N) is 4. The SMILES string of the molecule is COc1ccc(CCCC(=O)N2[C@@H]3CC[C@@H]2c2cnc4cc(C)nn4c2C3)c(C)c1. The summed E-state index contributed by atoms with van der Waals surface area (Å²) in [4.78, 5) is 19.9. The Kier molecular flexibility index (Phi) is 4.72. The van der Waals surface area contributed by atoms with Gasteiger partial charge in [-0.2, -0.15) is 5.10 Å². The van der Waals surface area contributed by atoms with Crippen molar-refractivity contribution in [2.45, 2.75) is 64.5 Å². The van der Waals surface area contributed by atoms with Crippen molar-refractivity contribution in [1.29, 1.82) is 0 Å². The van der Waals surface area contributed by atoms with Gasteiger partial charge < -0.3 is 9.64 Å². The summed E-state index contributed by atoms with van der Waals surface area (Å²) in [6, 6.07) is 8.62. The molecule has 6 heteroatoms. The van der Waals surface area contributed by atoms with Crippen LogP contribution in [0.4, 0.5) is 0 Å². The van der Waals surface area contributed by atoms with Crippen LogP contribution in [-0.2, 0) is 17.6 Å². The molecule has 2 aliphatic rings. The van der Waals surface area contributed by atoms with Gasteiger partial charge in [0, 0.05) is 36.7 Å². The molecule has 0 spiro atoms. The molecule has 1 aromatic carbocycles. The molecule has 0 aliphatic carbocycles. The van der Waals surface area contributed by atoms with Crippen molar-refractivity contribution in [3.8, 4) is 5.75 Å². The van der Waals surface area contributed by atoms with E-state index in [9.17, 15) is 4.79 Å². The number of ether oxygens (including phenoxy) is 1. The molecule has 30 heavy (non-hydrogen) atoms. The van der Waals surface area contributed by atoms with Crippen LogP contribution in [0.2, 0.25) is 0 Å². The van der Waals surface area contributed by atoms with Gasteiger partial charge in [-0.1, -0.05) is 6.07 Å². The summed E-state index contributed by atoms with van der Waals surface area (Å²) in [5.74, 6) is 1.15. The van der Waals surface area contributed by atoms with Gasteiger partial charge in [-0.15, -0.1) is 0 Å². The topological polar surface area (TPSA) is 59.7 Å². The van der Waals surface area contributed by atoms with Gasteiger partial charge in [0.1, 0.15) is 5.75 Å². The zero-order valence-corrected chi connectivity index (χ0v) is 17.9. The number of fused-ring (bicyclic) bond motifs is 6. The highest BCUT2D eigenvalue weighted by Gasteiger charge is 2.43. The number of hydrogen-bond acceptors (Lipinski definition) is 4. The van der Waals surface area contributed by atoms with Crippen LogP contribution in [-0.4, -0.2) is 38.6 Å². The fourth-order valence-electron chi connectivity index (χ4n) is 5.22. The van der Waals surface area contributed by atoms with Crippen molar-refractivity contribution in [3.05, 3.63) is 58.5 Å². The van der Waals surface area contributed by atoms with Gasteiger partial charge in [-0.3, -0.25) is 4.79 Å². The molecule has 0 N–H and O–H groups in total. The van der Waals surface area contributed by atoms with Gasteiger partial charge >= 0.3 is 0 Å². The van der Waals surface area contributed by atoms with Gasteiger partial charge in [0.25, 0.3) is 0 Å². The maximum Gasteiger partial charge on any atom is 0.223 e. The predicted molar refractivity (Wildman–Crippen MR) is 115 cm³/mol. The molecule has 0 unspecified atom stereocenters. The Hall–Kier alpha value is -2.89. The number of methoxy groups -OCH3 is 1. The zero-order valence-electron chi connectivity index (χ0n) is 17.9. The third-order valence-corrected chi connectivity index (χ3v) is 6.70. The Morgan fingerprint density at radius 2 is 2.10 bits per heavy atom. The first-order chi connectivity index (χ1) is 14.5. The summed E-state index contributed by atoms with van der Waals surface area (Å²) in [5.41, 5.74) is 6.81. The maximum atomic E-state index is 13.2. The number of carbonyl (C=O) groups is 1. The lowest BCUT2D eigenvalue weighted by molar-refractivity contribution is -0.134. The molecule has 1 amide bonds. The van der Waals surface area contributed by atoms with Crippen LogP contribution in [0.3, 0.4) is 0 Å².